The molecule has 0 aliphatic carbocycles. The lowest BCUT2D eigenvalue weighted by Gasteiger charge is -2.13. The van der Waals surface area contributed by atoms with Crippen LogP contribution in [0.15, 0.2) is 29.3 Å². The molecule has 0 aliphatic heterocycles. The van der Waals surface area contributed by atoms with Gasteiger partial charge in [0.2, 0.25) is 0 Å². The van der Waals surface area contributed by atoms with Crippen LogP contribution in [0.2, 0.25) is 0 Å². The number of ether oxygens (including phenoxy) is 1. The minimum atomic E-state index is -4.21. The Kier molecular flexibility index (Phi) is 7.87. The second kappa shape index (κ2) is 9.64. The Morgan fingerprint density at radius 2 is 1.67 bits per heavy atom. The third-order valence-electron chi connectivity index (χ3n) is 2.98. The van der Waals surface area contributed by atoms with Crippen LogP contribution >= 0.6 is 0 Å². The first kappa shape index (κ1) is 19.6. The molecule has 0 aromatic heterocycles. The van der Waals surface area contributed by atoms with Crippen molar-refractivity contribution in [1.82, 2.24) is 16.0 Å². The number of amides is 1. The van der Waals surface area contributed by atoms with E-state index in [1.807, 2.05) is 0 Å². The molecule has 0 bridgehead atoms. The van der Waals surface area contributed by atoms with Gasteiger partial charge in [0.25, 0.3) is 5.91 Å². The molecule has 0 atom stereocenters. The molecule has 0 fully saturated rings. The van der Waals surface area contributed by atoms with Gasteiger partial charge in [0, 0.05) is 32.2 Å². The molecule has 0 unspecified atom stereocenters. The van der Waals surface area contributed by atoms with Crippen LogP contribution in [0.1, 0.15) is 16.8 Å². The van der Waals surface area contributed by atoms with Crippen LogP contribution in [0, 0.1) is 0 Å². The van der Waals surface area contributed by atoms with Crippen molar-refractivity contribution < 1.29 is 22.7 Å². The third-order valence-corrected chi connectivity index (χ3v) is 2.98. The fourth-order valence-corrected chi connectivity index (χ4v) is 1.74. The van der Waals surface area contributed by atoms with E-state index in [0.717, 1.165) is 0 Å². The van der Waals surface area contributed by atoms with Gasteiger partial charge in [0.1, 0.15) is 5.75 Å². The first-order valence-corrected chi connectivity index (χ1v) is 7.29. The number of carbonyl (C=O) groups is 1. The Labute approximate surface area is 138 Å². The molecule has 1 aromatic carbocycles. The number of aliphatic imine (C=N–C) groups is 1. The average Bonchev–Trinajstić information content (AvgIpc) is 2.55. The summed E-state index contributed by atoms with van der Waals surface area (Å²) in [6.07, 6.45) is -5.15. The second-order valence-electron chi connectivity index (χ2n) is 4.78. The van der Waals surface area contributed by atoms with Crippen molar-refractivity contribution in [1.29, 1.82) is 0 Å². The molecule has 1 amide bonds. The molecule has 1 aromatic rings. The molecule has 0 radical (unpaired) electrons. The number of carbonyl (C=O) groups excluding carboxylic acids is 1. The van der Waals surface area contributed by atoms with Crippen LogP contribution in [0.25, 0.3) is 0 Å². The number of benzene rings is 1. The summed E-state index contributed by atoms with van der Waals surface area (Å²) < 4.78 is 41.2. The van der Waals surface area contributed by atoms with E-state index in [4.69, 9.17) is 4.74 Å². The molecule has 1 rings (SSSR count). The van der Waals surface area contributed by atoms with Crippen LogP contribution in [0.5, 0.6) is 5.75 Å². The minimum absolute atomic E-state index is 0.248. The first-order valence-electron chi connectivity index (χ1n) is 7.29. The summed E-state index contributed by atoms with van der Waals surface area (Å²) in [6, 6.07) is 6.64. The summed E-state index contributed by atoms with van der Waals surface area (Å²) in [4.78, 5) is 15.7. The molecule has 0 spiro atoms. The van der Waals surface area contributed by atoms with Crippen molar-refractivity contribution in [2.24, 2.45) is 4.99 Å². The maximum atomic E-state index is 12.1. The molecule has 24 heavy (non-hydrogen) atoms. The lowest BCUT2D eigenvalue weighted by molar-refractivity contribution is -0.132. The topological polar surface area (TPSA) is 74.8 Å². The molecule has 134 valence electrons. The van der Waals surface area contributed by atoms with Crippen molar-refractivity contribution >= 4 is 11.9 Å². The minimum Gasteiger partial charge on any atom is -0.497 e. The largest absolute Gasteiger partial charge is 0.497 e. The molecule has 0 saturated carbocycles. The monoisotopic (exact) mass is 346 g/mol. The molecular formula is C15H21F3N4O2. The van der Waals surface area contributed by atoms with Crippen molar-refractivity contribution in [2.75, 3.05) is 33.8 Å². The van der Waals surface area contributed by atoms with E-state index in [9.17, 15) is 18.0 Å². The Morgan fingerprint density at radius 1 is 1.08 bits per heavy atom. The number of hydrogen-bond acceptors (Lipinski definition) is 3. The van der Waals surface area contributed by atoms with Gasteiger partial charge in [0.15, 0.2) is 5.96 Å². The van der Waals surface area contributed by atoms with Crippen molar-refractivity contribution in [3.05, 3.63) is 29.8 Å². The highest BCUT2D eigenvalue weighted by atomic mass is 19.4. The van der Waals surface area contributed by atoms with Gasteiger partial charge >= 0.3 is 6.18 Å². The summed E-state index contributed by atoms with van der Waals surface area (Å²) >= 11 is 0. The maximum Gasteiger partial charge on any atom is 0.390 e. The number of guanidine groups is 1. The lowest BCUT2D eigenvalue weighted by atomic mass is 10.2. The van der Waals surface area contributed by atoms with Crippen molar-refractivity contribution in [3.63, 3.8) is 0 Å². The predicted molar refractivity (Wildman–Crippen MR) is 85.4 cm³/mol. The third kappa shape index (κ3) is 7.70. The molecule has 0 heterocycles. The fraction of sp³-hybridized carbons (Fsp3) is 0.467. The van der Waals surface area contributed by atoms with E-state index in [1.54, 1.807) is 24.3 Å². The molecule has 3 N–H and O–H groups in total. The van der Waals surface area contributed by atoms with Gasteiger partial charge in [-0.05, 0) is 24.3 Å². The van der Waals surface area contributed by atoms with Gasteiger partial charge in [-0.15, -0.1) is 0 Å². The summed E-state index contributed by atoms with van der Waals surface area (Å²) in [5.74, 6) is 0.652. The van der Waals surface area contributed by atoms with Crippen LogP contribution in [0.4, 0.5) is 13.2 Å². The van der Waals surface area contributed by atoms with E-state index in [2.05, 4.69) is 20.9 Å². The molecule has 0 aliphatic rings. The zero-order chi connectivity index (χ0) is 18.0. The van der Waals surface area contributed by atoms with Crippen molar-refractivity contribution in [3.8, 4) is 5.75 Å². The summed E-state index contributed by atoms with van der Waals surface area (Å²) in [6.45, 7) is 0.361. The average molecular weight is 346 g/mol. The lowest BCUT2D eigenvalue weighted by Crippen LogP contribution is -2.42. The van der Waals surface area contributed by atoms with Crippen LogP contribution in [-0.4, -0.2) is 51.8 Å². The number of alkyl halides is 3. The van der Waals surface area contributed by atoms with Gasteiger partial charge in [-0.1, -0.05) is 0 Å². The van der Waals surface area contributed by atoms with E-state index in [-0.39, 0.29) is 18.4 Å². The van der Waals surface area contributed by atoms with E-state index < -0.39 is 12.6 Å². The van der Waals surface area contributed by atoms with Crippen LogP contribution < -0.4 is 20.7 Å². The first-order chi connectivity index (χ1) is 11.4. The normalized spacial score (nSPS) is 11.8. The SMILES string of the molecule is CN=C(NCCNC(=O)c1ccc(OC)cc1)NCCC(F)(F)F. The Morgan fingerprint density at radius 3 is 2.21 bits per heavy atom. The van der Waals surface area contributed by atoms with Crippen LogP contribution in [0.3, 0.4) is 0 Å². The standard InChI is InChI=1S/C15H21F3N4O2/c1-19-14(21-8-7-15(16,17)18)22-10-9-20-13(23)11-3-5-12(24-2)6-4-11/h3-6H,7-10H2,1-2H3,(H,20,23)(H2,19,21,22). The molecular weight excluding hydrogens is 325 g/mol. The van der Waals surface area contributed by atoms with Gasteiger partial charge < -0.3 is 20.7 Å². The zero-order valence-corrected chi connectivity index (χ0v) is 13.5. The van der Waals surface area contributed by atoms with Gasteiger partial charge in [-0.2, -0.15) is 13.2 Å². The Hall–Kier alpha value is -2.45. The van der Waals surface area contributed by atoms with Gasteiger partial charge in [-0.25, -0.2) is 0 Å². The highest BCUT2D eigenvalue weighted by Crippen LogP contribution is 2.18. The highest BCUT2D eigenvalue weighted by Gasteiger charge is 2.26. The van der Waals surface area contributed by atoms with Crippen LogP contribution in [-0.2, 0) is 0 Å². The Bertz CT molecular complexity index is 545. The smallest absolute Gasteiger partial charge is 0.390 e. The summed E-state index contributed by atoms with van der Waals surface area (Å²) in [5, 5.41) is 8.06. The Balaban J connectivity index is 2.26. The summed E-state index contributed by atoms with van der Waals surface area (Å²) in [7, 11) is 3.00. The van der Waals surface area contributed by atoms with E-state index >= 15 is 0 Å². The molecule has 0 saturated heterocycles. The van der Waals surface area contributed by atoms with E-state index in [1.165, 1.54) is 14.2 Å². The number of nitrogens with one attached hydrogen (secondary N) is 3. The van der Waals surface area contributed by atoms with Crippen molar-refractivity contribution in [2.45, 2.75) is 12.6 Å². The van der Waals surface area contributed by atoms with Gasteiger partial charge in [0.05, 0.1) is 13.5 Å². The second-order valence-corrected chi connectivity index (χ2v) is 4.78. The number of halogens is 3. The van der Waals surface area contributed by atoms with E-state index in [0.29, 0.717) is 24.4 Å². The molecule has 6 nitrogen and oxygen atoms in total. The number of rotatable bonds is 7. The number of methoxy groups -OCH3 is 1. The fourth-order valence-electron chi connectivity index (χ4n) is 1.74. The maximum absolute atomic E-state index is 12.1. The van der Waals surface area contributed by atoms with Gasteiger partial charge in [-0.3, -0.25) is 9.79 Å². The highest BCUT2D eigenvalue weighted by molar-refractivity contribution is 5.94. The quantitative estimate of drug-likeness (QED) is 0.398. The zero-order valence-electron chi connectivity index (χ0n) is 13.5. The number of nitrogens with zero attached hydrogens (tertiary/aromatic N) is 1. The number of hydrogen-bond donors (Lipinski definition) is 3. The summed E-state index contributed by atoms with van der Waals surface area (Å²) in [5.41, 5.74) is 0.489. The molecule has 9 heteroatoms. The predicted octanol–water partition coefficient (Wildman–Crippen LogP) is 1.54.